The first-order chi connectivity index (χ1) is 7.02. The Morgan fingerprint density at radius 3 is 2.53 bits per heavy atom. The quantitative estimate of drug-likeness (QED) is 0.617. The number of halogens is 1. The summed E-state index contributed by atoms with van der Waals surface area (Å²) in [4.78, 5) is 22.1. The first-order valence-corrected chi connectivity index (χ1v) is 5.60. The second-order valence-electron chi connectivity index (χ2n) is 3.59. The van der Waals surface area contributed by atoms with Crippen LogP contribution in [0.25, 0.3) is 0 Å². The van der Waals surface area contributed by atoms with Crippen LogP contribution >= 0.6 is 15.9 Å². The summed E-state index contributed by atoms with van der Waals surface area (Å²) in [5.41, 5.74) is -0.843. The molecule has 0 unspecified atom stereocenters. The van der Waals surface area contributed by atoms with E-state index in [1.165, 1.54) is 6.08 Å². The number of carbonyl (C=O) groups excluding carboxylic acids is 1. The van der Waals surface area contributed by atoms with Gasteiger partial charge >= 0.3 is 11.9 Å². The Bertz CT molecular complexity index is 305. The van der Waals surface area contributed by atoms with E-state index >= 15 is 0 Å². The van der Waals surface area contributed by atoms with E-state index < -0.39 is 17.4 Å². The van der Waals surface area contributed by atoms with Gasteiger partial charge in [0.25, 0.3) is 0 Å². The molecule has 0 aliphatic heterocycles. The van der Waals surface area contributed by atoms with Gasteiger partial charge in [-0.25, -0.2) is 4.79 Å². The molecule has 0 aromatic rings. The summed E-state index contributed by atoms with van der Waals surface area (Å²) in [7, 11) is 0. The molecule has 0 amide bonds. The lowest BCUT2D eigenvalue weighted by atomic mass is 10.1. The molecule has 1 N–H and O–H groups in total. The Kier molecular flexibility index (Phi) is 3.90. The average Bonchev–Trinajstić information content (AvgIpc) is 2.95. The van der Waals surface area contributed by atoms with Crippen LogP contribution in [-0.4, -0.2) is 23.7 Å². The molecule has 5 heteroatoms. The third-order valence-electron chi connectivity index (χ3n) is 2.25. The molecular formula is C10H13BrO4. The maximum absolute atomic E-state index is 11.3. The van der Waals surface area contributed by atoms with Gasteiger partial charge < -0.3 is 9.84 Å². The fourth-order valence-electron chi connectivity index (χ4n) is 1.12. The number of hydrogen-bond donors (Lipinski definition) is 1. The van der Waals surface area contributed by atoms with E-state index in [0.29, 0.717) is 19.4 Å². The maximum Gasteiger partial charge on any atom is 0.344 e. The molecule has 0 saturated heterocycles. The molecule has 0 radical (unpaired) electrons. The number of hydrogen-bond acceptors (Lipinski definition) is 3. The summed E-state index contributed by atoms with van der Waals surface area (Å²) in [6.07, 6.45) is 3.35. The Morgan fingerprint density at radius 1 is 1.53 bits per heavy atom. The van der Waals surface area contributed by atoms with Crippen molar-refractivity contribution in [3.8, 4) is 0 Å². The molecule has 1 rings (SSSR count). The van der Waals surface area contributed by atoms with E-state index in [4.69, 9.17) is 9.84 Å². The Morgan fingerprint density at radius 2 is 2.13 bits per heavy atom. The fraction of sp³-hybridized carbons (Fsp3) is 0.600. The average molecular weight is 277 g/mol. The summed E-state index contributed by atoms with van der Waals surface area (Å²) in [5, 5.41) is 8.89. The lowest BCUT2D eigenvalue weighted by Gasteiger charge is -2.05. The molecule has 0 aromatic carbocycles. The maximum atomic E-state index is 11.3. The summed E-state index contributed by atoms with van der Waals surface area (Å²) in [5.74, 6) is -1.38. The summed E-state index contributed by atoms with van der Waals surface area (Å²) < 4.78 is 5.06. The molecule has 0 heterocycles. The standard InChI is InChI=1S/C10H13BrO4/c1-2-5-15-8(12)7(11)6-10(3-4-10)9(13)14/h6H,2-5H2,1H3,(H,13,14)/b7-6+. The molecule has 1 aliphatic carbocycles. The number of carboxylic acids is 1. The fourth-order valence-corrected chi connectivity index (χ4v) is 1.67. The molecule has 84 valence electrons. The minimum atomic E-state index is -0.886. The third kappa shape index (κ3) is 3.06. The zero-order valence-corrected chi connectivity index (χ0v) is 10.0. The van der Waals surface area contributed by atoms with Gasteiger partial charge in [-0.3, -0.25) is 4.79 Å². The van der Waals surface area contributed by atoms with Crippen LogP contribution in [0.2, 0.25) is 0 Å². The monoisotopic (exact) mass is 276 g/mol. The van der Waals surface area contributed by atoms with Crippen molar-refractivity contribution < 1.29 is 19.4 Å². The van der Waals surface area contributed by atoms with Crippen molar-refractivity contribution in [2.24, 2.45) is 5.41 Å². The lowest BCUT2D eigenvalue weighted by molar-refractivity contribution is -0.141. The molecular weight excluding hydrogens is 264 g/mol. The summed E-state index contributed by atoms with van der Waals surface area (Å²) in [6.45, 7) is 2.24. The van der Waals surface area contributed by atoms with E-state index in [1.54, 1.807) is 0 Å². The van der Waals surface area contributed by atoms with E-state index in [0.717, 1.165) is 6.42 Å². The van der Waals surface area contributed by atoms with Gasteiger partial charge in [-0.05, 0) is 41.3 Å². The van der Waals surface area contributed by atoms with Crippen molar-refractivity contribution in [2.75, 3.05) is 6.61 Å². The van der Waals surface area contributed by atoms with Crippen molar-refractivity contribution >= 4 is 27.9 Å². The zero-order valence-electron chi connectivity index (χ0n) is 8.46. The number of aliphatic carboxylic acids is 1. The molecule has 0 atom stereocenters. The number of rotatable bonds is 5. The van der Waals surface area contributed by atoms with E-state index in [2.05, 4.69) is 15.9 Å². The second kappa shape index (κ2) is 4.79. The first-order valence-electron chi connectivity index (χ1n) is 4.81. The molecule has 0 bridgehead atoms. The van der Waals surface area contributed by atoms with Gasteiger partial charge in [0.05, 0.1) is 16.5 Å². The number of carboxylic acid groups (broad SMARTS) is 1. The van der Waals surface area contributed by atoms with Crippen LogP contribution in [0.15, 0.2) is 10.6 Å². The topological polar surface area (TPSA) is 63.6 Å². The van der Waals surface area contributed by atoms with Crippen molar-refractivity contribution in [3.05, 3.63) is 10.6 Å². The summed E-state index contributed by atoms with van der Waals surface area (Å²) in [6, 6.07) is 0. The van der Waals surface area contributed by atoms with Crippen LogP contribution in [0.3, 0.4) is 0 Å². The number of esters is 1. The van der Waals surface area contributed by atoms with E-state index in [9.17, 15) is 9.59 Å². The highest BCUT2D eigenvalue weighted by Gasteiger charge is 2.49. The Hall–Kier alpha value is -0.840. The molecule has 0 spiro atoms. The predicted octanol–water partition coefficient (Wildman–Crippen LogP) is 2.08. The molecule has 4 nitrogen and oxygen atoms in total. The van der Waals surface area contributed by atoms with Crippen LogP contribution < -0.4 is 0 Å². The first kappa shape index (κ1) is 12.2. The van der Waals surface area contributed by atoms with Crippen LogP contribution in [0.4, 0.5) is 0 Å². The smallest absolute Gasteiger partial charge is 0.344 e. The Labute approximate surface area is 96.4 Å². The van der Waals surface area contributed by atoms with Crippen molar-refractivity contribution in [3.63, 3.8) is 0 Å². The zero-order chi connectivity index (χ0) is 11.5. The van der Waals surface area contributed by atoms with E-state index in [1.807, 2.05) is 6.92 Å². The third-order valence-corrected chi connectivity index (χ3v) is 2.80. The predicted molar refractivity (Wildman–Crippen MR) is 57.6 cm³/mol. The lowest BCUT2D eigenvalue weighted by Crippen LogP contribution is -2.14. The van der Waals surface area contributed by atoms with Crippen molar-refractivity contribution in [1.82, 2.24) is 0 Å². The number of carbonyl (C=O) groups is 2. The van der Waals surface area contributed by atoms with Crippen LogP contribution in [0, 0.1) is 5.41 Å². The van der Waals surface area contributed by atoms with Gasteiger partial charge in [-0.1, -0.05) is 6.92 Å². The normalized spacial score (nSPS) is 18.4. The van der Waals surface area contributed by atoms with Crippen LogP contribution in [0.5, 0.6) is 0 Å². The summed E-state index contributed by atoms with van der Waals surface area (Å²) >= 11 is 3.04. The van der Waals surface area contributed by atoms with Gasteiger partial charge in [0.1, 0.15) is 0 Å². The van der Waals surface area contributed by atoms with Gasteiger partial charge in [-0.2, -0.15) is 0 Å². The molecule has 1 saturated carbocycles. The molecule has 1 aliphatic rings. The highest BCUT2D eigenvalue weighted by atomic mass is 79.9. The highest BCUT2D eigenvalue weighted by Crippen LogP contribution is 2.48. The minimum Gasteiger partial charge on any atom is -0.481 e. The van der Waals surface area contributed by atoms with Crippen molar-refractivity contribution in [1.29, 1.82) is 0 Å². The Balaban J connectivity index is 2.59. The highest BCUT2D eigenvalue weighted by molar-refractivity contribution is 9.12. The van der Waals surface area contributed by atoms with Gasteiger partial charge in [0, 0.05) is 0 Å². The second-order valence-corrected chi connectivity index (χ2v) is 4.44. The molecule has 1 fully saturated rings. The molecule has 15 heavy (non-hydrogen) atoms. The minimum absolute atomic E-state index is 0.204. The van der Waals surface area contributed by atoms with Gasteiger partial charge in [-0.15, -0.1) is 0 Å². The van der Waals surface area contributed by atoms with Crippen LogP contribution in [0.1, 0.15) is 26.2 Å². The number of ether oxygens (including phenoxy) is 1. The van der Waals surface area contributed by atoms with Gasteiger partial charge in [0.15, 0.2) is 0 Å². The SMILES string of the molecule is CCCOC(=O)/C(Br)=C\C1(C(=O)O)CC1. The largest absolute Gasteiger partial charge is 0.481 e. The van der Waals surface area contributed by atoms with Gasteiger partial charge in [0.2, 0.25) is 0 Å². The van der Waals surface area contributed by atoms with E-state index in [-0.39, 0.29) is 4.48 Å². The van der Waals surface area contributed by atoms with Crippen LogP contribution in [-0.2, 0) is 14.3 Å². The van der Waals surface area contributed by atoms with Crippen molar-refractivity contribution in [2.45, 2.75) is 26.2 Å². The molecule has 0 aromatic heterocycles.